The Morgan fingerprint density at radius 3 is 2.39 bits per heavy atom. The van der Waals surface area contributed by atoms with Crippen LogP contribution < -0.4 is 35.9 Å². The van der Waals surface area contributed by atoms with Gasteiger partial charge in [-0.2, -0.15) is 0 Å². The van der Waals surface area contributed by atoms with Crippen molar-refractivity contribution >= 4 is 45.9 Å². The van der Waals surface area contributed by atoms with Crippen LogP contribution in [0, 0.1) is 0 Å². The first kappa shape index (κ1) is 24.3. The number of methoxy groups -OCH3 is 3. The van der Waals surface area contributed by atoms with E-state index in [1.54, 1.807) is 21.3 Å². The summed E-state index contributed by atoms with van der Waals surface area (Å²) in [7, 11) is 4.71. The maximum absolute atomic E-state index is 5.88. The number of pyridine rings is 1. The van der Waals surface area contributed by atoms with Crippen molar-refractivity contribution in [3.8, 4) is 17.2 Å². The Morgan fingerprint density at radius 2 is 1.82 bits per heavy atom. The standard InChI is InChI=1S/C22H31N7O3S/c1-6-13(2)24-22(33)28-18-8-7-15-20(27-18)29(10-9-23)21(26-15)25-14-11-16(30-3)19(32-5)17(12-14)31-4/h7-8,11-13H,6,9-10,23H2,1-5H3,(H,25,26)(H2,24,27,28,33). The lowest BCUT2D eigenvalue weighted by atomic mass is 10.2. The van der Waals surface area contributed by atoms with E-state index in [9.17, 15) is 0 Å². The monoisotopic (exact) mass is 473 g/mol. The molecule has 0 radical (unpaired) electrons. The van der Waals surface area contributed by atoms with Crippen LogP contribution in [-0.4, -0.2) is 53.6 Å². The predicted molar refractivity (Wildman–Crippen MR) is 135 cm³/mol. The topological polar surface area (TPSA) is 121 Å². The molecule has 0 aliphatic rings. The minimum absolute atomic E-state index is 0.269. The molecule has 10 nitrogen and oxygen atoms in total. The molecule has 11 heteroatoms. The summed E-state index contributed by atoms with van der Waals surface area (Å²) in [6.45, 7) is 5.11. The molecule has 0 fully saturated rings. The van der Waals surface area contributed by atoms with Crippen molar-refractivity contribution in [1.29, 1.82) is 0 Å². The number of fused-ring (bicyclic) bond motifs is 1. The Morgan fingerprint density at radius 1 is 1.12 bits per heavy atom. The number of nitrogens with two attached hydrogens (primary N) is 1. The van der Waals surface area contributed by atoms with E-state index in [-0.39, 0.29) is 6.04 Å². The van der Waals surface area contributed by atoms with Gasteiger partial charge in [-0.1, -0.05) is 6.92 Å². The van der Waals surface area contributed by atoms with Gasteiger partial charge in [0.2, 0.25) is 11.7 Å². The van der Waals surface area contributed by atoms with Crippen LogP contribution in [0.15, 0.2) is 24.3 Å². The number of nitrogens with one attached hydrogen (secondary N) is 3. The highest BCUT2D eigenvalue weighted by Crippen LogP contribution is 2.40. The molecule has 178 valence electrons. The molecule has 1 aromatic carbocycles. The van der Waals surface area contributed by atoms with Crippen LogP contribution in [-0.2, 0) is 6.54 Å². The number of hydrogen-bond donors (Lipinski definition) is 4. The summed E-state index contributed by atoms with van der Waals surface area (Å²) in [4.78, 5) is 9.43. The Hall–Kier alpha value is -3.31. The molecule has 1 atom stereocenters. The lowest BCUT2D eigenvalue weighted by Gasteiger charge is -2.16. The summed E-state index contributed by atoms with van der Waals surface area (Å²) < 4.78 is 18.2. The first-order valence-corrected chi connectivity index (χ1v) is 11.1. The van der Waals surface area contributed by atoms with Crippen molar-refractivity contribution in [2.24, 2.45) is 5.73 Å². The van der Waals surface area contributed by atoms with E-state index in [2.05, 4.69) is 29.8 Å². The number of hydrogen-bond acceptors (Lipinski definition) is 8. The quantitative estimate of drug-likeness (QED) is 0.327. The fourth-order valence-electron chi connectivity index (χ4n) is 3.27. The SMILES string of the molecule is CCC(C)NC(=S)Nc1ccc2nc(Nc3cc(OC)c(OC)c(OC)c3)n(CCN)c2n1. The van der Waals surface area contributed by atoms with Gasteiger partial charge >= 0.3 is 0 Å². The summed E-state index contributed by atoms with van der Waals surface area (Å²) in [5.74, 6) is 2.80. The zero-order valence-corrected chi connectivity index (χ0v) is 20.4. The number of anilines is 3. The Kier molecular flexibility index (Phi) is 8.12. The highest BCUT2D eigenvalue weighted by molar-refractivity contribution is 7.80. The van der Waals surface area contributed by atoms with Gasteiger partial charge in [-0.15, -0.1) is 0 Å². The van der Waals surface area contributed by atoms with Crippen LogP contribution in [0.25, 0.3) is 11.2 Å². The van der Waals surface area contributed by atoms with Gasteiger partial charge in [0.15, 0.2) is 22.3 Å². The van der Waals surface area contributed by atoms with Gasteiger partial charge in [-0.3, -0.25) is 4.57 Å². The van der Waals surface area contributed by atoms with Crippen molar-refractivity contribution in [3.05, 3.63) is 24.3 Å². The highest BCUT2D eigenvalue weighted by atomic mass is 32.1. The second kappa shape index (κ2) is 11.0. The summed E-state index contributed by atoms with van der Waals surface area (Å²) in [6.07, 6.45) is 0.966. The first-order valence-electron chi connectivity index (χ1n) is 10.7. The summed E-state index contributed by atoms with van der Waals surface area (Å²) in [6, 6.07) is 7.63. The molecule has 0 bridgehead atoms. The molecule has 3 aromatic rings. The summed E-state index contributed by atoms with van der Waals surface area (Å²) >= 11 is 5.39. The van der Waals surface area contributed by atoms with Crippen LogP contribution >= 0.6 is 12.2 Å². The van der Waals surface area contributed by atoms with Crippen molar-refractivity contribution in [3.63, 3.8) is 0 Å². The second-order valence-electron chi connectivity index (χ2n) is 7.36. The van der Waals surface area contributed by atoms with Gasteiger partial charge < -0.3 is 35.9 Å². The molecule has 1 unspecified atom stereocenters. The minimum atomic E-state index is 0.269. The molecule has 2 heterocycles. The van der Waals surface area contributed by atoms with Crippen LogP contribution in [0.4, 0.5) is 17.5 Å². The van der Waals surface area contributed by atoms with Gasteiger partial charge in [-0.25, -0.2) is 9.97 Å². The molecule has 0 aliphatic carbocycles. The Bertz CT molecular complexity index is 1090. The van der Waals surface area contributed by atoms with Crippen molar-refractivity contribution < 1.29 is 14.2 Å². The lowest BCUT2D eigenvalue weighted by Crippen LogP contribution is -2.35. The van der Waals surface area contributed by atoms with E-state index in [1.807, 2.05) is 28.8 Å². The average Bonchev–Trinajstić information content (AvgIpc) is 3.14. The number of rotatable bonds is 10. The zero-order chi connectivity index (χ0) is 24.0. The van der Waals surface area contributed by atoms with Gasteiger partial charge in [0.25, 0.3) is 0 Å². The van der Waals surface area contributed by atoms with Crippen LogP contribution in [0.2, 0.25) is 0 Å². The first-order chi connectivity index (χ1) is 15.9. The fourth-order valence-corrected chi connectivity index (χ4v) is 3.57. The third-order valence-corrected chi connectivity index (χ3v) is 5.32. The van der Waals surface area contributed by atoms with Crippen molar-refractivity contribution in [2.75, 3.05) is 38.5 Å². The second-order valence-corrected chi connectivity index (χ2v) is 7.77. The van der Waals surface area contributed by atoms with E-state index >= 15 is 0 Å². The van der Waals surface area contributed by atoms with Crippen LogP contribution in [0.5, 0.6) is 17.2 Å². The molecule has 0 saturated heterocycles. The van der Waals surface area contributed by atoms with Gasteiger partial charge in [-0.05, 0) is 37.7 Å². The van der Waals surface area contributed by atoms with E-state index in [1.165, 1.54) is 0 Å². The molecule has 3 rings (SSSR count). The predicted octanol–water partition coefficient (Wildman–Crippen LogP) is 3.24. The van der Waals surface area contributed by atoms with E-state index in [4.69, 9.17) is 42.1 Å². The molecule has 0 saturated carbocycles. The maximum atomic E-state index is 5.88. The highest BCUT2D eigenvalue weighted by Gasteiger charge is 2.17. The number of benzene rings is 1. The smallest absolute Gasteiger partial charge is 0.209 e. The van der Waals surface area contributed by atoms with Crippen LogP contribution in [0.3, 0.4) is 0 Å². The number of ether oxygens (including phenoxy) is 3. The van der Waals surface area contributed by atoms with Crippen molar-refractivity contribution in [2.45, 2.75) is 32.9 Å². The number of nitrogens with zero attached hydrogens (tertiary/aromatic N) is 3. The number of imidazole rings is 1. The van der Waals surface area contributed by atoms with Crippen LogP contribution in [0.1, 0.15) is 20.3 Å². The molecule has 0 aliphatic heterocycles. The van der Waals surface area contributed by atoms with Gasteiger partial charge in [0, 0.05) is 37.0 Å². The number of thiocarbonyl (C=S) groups is 1. The third kappa shape index (κ3) is 5.55. The zero-order valence-electron chi connectivity index (χ0n) is 19.6. The van der Waals surface area contributed by atoms with E-state index < -0.39 is 0 Å². The molecule has 0 spiro atoms. The summed E-state index contributed by atoms with van der Waals surface area (Å²) in [5, 5.41) is 10.2. The van der Waals surface area contributed by atoms with E-state index in [0.717, 1.165) is 17.6 Å². The molecule has 2 aromatic heterocycles. The fraction of sp³-hybridized carbons (Fsp3) is 0.409. The minimum Gasteiger partial charge on any atom is -0.493 e. The maximum Gasteiger partial charge on any atom is 0.209 e. The molecule has 33 heavy (non-hydrogen) atoms. The van der Waals surface area contributed by atoms with Gasteiger partial charge in [0.1, 0.15) is 11.3 Å². The largest absolute Gasteiger partial charge is 0.493 e. The third-order valence-electron chi connectivity index (χ3n) is 5.10. The normalized spacial score (nSPS) is 11.7. The molecular weight excluding hydrogens is 442 g/mol. The van der Waals surface area contributed by atoms with E-state index in [0.29, 0.717) is 52.9 Å². The van der Waals surface area contributed by atoms with Crippen molar-refractivity contribution in [1.82, 2.24) is 19.9 Å². The molecule has 0 amide bonds. The Labute approximate surface area is 198 Å². The molecular formula is C22H31N7O3S. The van der Waals surface area contributed by atoms with Gasteiger partial charge in [0.05, 0.1) is 21.3 Å². The summed E-state index contributed by atoms with van der Waals surface area (Å²) in [5.41, 5.74) is 8.02. The molecule has 5 N–H and O–H groups in total. The average molecular weight is 474 g/mol. The Balaban J connectivity index is 1.95. The number of aromatic nitrogens is 3. The lowest BCUT2D eigenvalue weighted by molar-refractivity contribution is 0.324.